The van der Waals surface area contributed by atoms with E-state index >= 15 is 0 Å². The quantitative estimate of drug-likeness (QED) is 0.731. The van der Waals surface area contributed by atoms with Crippen LogP contribution in [0.2, 0.25) is 0 Å². The summed E-state index contributed by atoms with van der Waals surface area (Å²) in [5.74, 6) is -1.81. The first-order chi connectivity index (χ1) is 14.6. The summed E-state index contributed by atoms with van der Waals surface area (Å²) < 4.78 is 10.3. The second kappa shape index (κ2) is 8.26. The van der Waals surface area contributed by atoms with Gasteiger partial charge in [0.15, 0.2) is 11.5 Å². The van der Waals surface area contributed by atoms with Gasteiger partial charge in [0.2, 0.25) is 0 Å². The van der Waals surface area contributed by atoms with E-state index in [0.29, 0.717) is 17.0 Å². The number of para-hydroxylation sites is 1. The molecule has 162 valence electrons. The van der Waals surface area contributed by atoms with E-state index < -0.39 is 29.1 Å². The fourth-order valence-corrected chi connectivity index (χ4v) is 3.59. The highest BCUT2D eigenvalue weighted by Crippen LogP contribution is 2.45. The number of carbonyl (C=O) groups is 3. The second-order valence-corrected chi connectivity index (χ2v) is 8.20. The van der Waals surface area contributed by atoms with E-state index in [1.54, 1.807) is 63.2 Å². The van der Waals surface area contributed by atoms with E-state index in [1.165, 1.54) is 25.2 Å². The summed E-state index contributed by atoms with van der Waals surface area (Å²) >= 11 is 0. The highest BCUT2D eigenvalue weighted by atomic mass is 16.5. The number of ether oxygens (including phenoxy) is 2. The number of ketones is 1. The zero-order valence-electron chi connectivity index (χ0n) is 18.1. The van der Waals surface area contributed by atoms with Crippen molar-refractivity contribution in [2.45, 2.75) is 26.8 Å². The molecule has 0 radical (unpaired) electrons. The molecule has 0 fully saturated rings. The summed E-state index contributed by atoms with van der Waals surface area (Å²) in [5.41, 5.74) is 0.269. The van der Waals surface area contributed by atoms with Crippen molar-refractivity contribution < 1.29 is 29.0 Å². The lowest BCUT2D eigenvalue weighted by Crippen LogP contribution is -2.33. The summed E-state index contributed by atoms with van der Waals surface area (Å²) in [5, 5.41) is 10.8. The number of rotatable bonds is 5. The van der Waals surface area contributed by atoms with E-state index in [1.807, 2.05) is 0 Å². The van der Waals surface area contributed by atoms with E-state index in [0.717, 1.165) is 0 Å². The third-order valence-corrected chi connectivity index (χ3v) is 5.11. The Kier molecular flexibility index (Phi) is 5.88. The van der Waals surface area contributed by atoms with Crippen molar-refractivity contribution in [1.82, 2.24) is 0 Å². The maximum absolute atomic E-state index is 13.3. The normalized spacial score (nSPS) is 16.5. The number of methoxy groups -OCH3 is 2. The number of anilines is 1. The van der Waals surface area contributed by atoms with E-state index in [4.69, 9.17) is 9.47 Å². The number of aliphatic hydroxyl groups excluding tert-OH is 1. The Morgan fingerprint density at radius 3 is 2.32 bits per heavy atom. The maximum atomic E-state index is 13.3. The van der Waals surface area contributed by atoms with Crippen LogP contribution in [-0.4, -0.2) is 37.0 Å². The molecule has 0 aliphatic carbocycles. The van der Waals surface area contributed by atoms with Crippen LogP contribution < -0.4 is 9.64 Å². The topological polar surface area (TPSA) is 93.1 Å². The van der Waals surface area contributed by atoms with Crippen LogP contribution in [0, 0.1) is 5.41 Å². The van der Waals surface area contributed by atoms with Gasteiger partial charge < -0.3 is 14.6 Å². The van der Waals surface area contributed by atoms with E-state index in [-0.39, 0.29) is 16.9 Å². The molecule has 3 rings (SSSR count). The molecule has 2 aromatic rings. The van der Waals surface area contributed by atoms with Crippen LogP contribution in [0.5, 0.6) is 5.75 Å². The molecule has 1 N–H and O–H groups in total. The Labute approximate surface area is 180 Å². The van der Waals surface area contributed by atoms with Gasteiger partial charge in [-0.05, 0) is 24.3 Å². The standard InChI is InChI=1S/C24H25NO6/c1-24(2,3)21(27)18-19(16-11-6-7-12-17(16)30-4)25(22(28)20(18)26)15-10-8-9-14(13-15)23(29)31-5/h6-13,19,26H,1-5H3. The Bertz CT molecular complexity index is 1080. The number of aliphatic hydroxyl groups is 1. The van der Waals surface area contributed by atoms with Crippen molar-refractivity contribution in [1.29, 1.82) is 0 Å². The average Bonchev–Trinajstić information content (AvgIpc) is 3.02. The molecule has 0 spiro atoms. The number of carbonyl (C=O) groups excluding carboxylic acids is 3. The largest absolute Gasteiger partial charge is 0.503 e. The van der Waals surface area contributed by atoms with Crippen molar-refractivity contribution in [3.8, 4) is 5.75 Å². The minimum absolute atomic E-state index is 0.00882. The fraction of sp³-hybridized carbons (Fsp3) is 0.292. The van der Waals surface area contributed by atoms with Crippen LogP contribution in [0.25, 0.3) is 0 Å². The van der Waals surface area contributed by atoms with Crippen molar-refractivity contribution in [3.05, 3.63) is 71.0 Å². The summed E-state index contributed by atoms with van der Waals surface area (Å²) in [6.07, 6.45) is 0. The van der Waals surface area contributed by atoms with Gasteiger partial charge >= 0.3 is 5.97 Å². The lowest BCUT2D eigenvalue weighted by molar-refractivity contribution is -0.123. The lowest BCUT2D eigenvalue weighted by Gasteiger charge is -2.30. The molecule has 0 bridgehead atoms. The highest BCUT2D eigenvalue weighted by molar-refractivity contribution is 6.17. The summed E-state index contributed by atoms with van der Waals surface area (Å²) in [6.45, 7) is 5.17. The monoisotopic (exact) mass is 423 g/mol. The molecule has 0 saturated carbocycles. The molecule has 7 nitrogen and oxygen atoms in total. The molecule has 1 aliphatic heterocycles. The van der Waals surface area contributed by atoms with Gasteiger partial charge in [-0.3, -0.25) is 14.5 Å². The highest BCUT2D eigenvalue weighted by Gasteiger charge is 2.47. The third-order valence-electron chi connectivity index (χ3n) is 5.11. The van der Waals surface area contributed by atoms with Crippen molar-refractivity contribution in [2.24, 2.45) is 5.41 Å². The second-order valence-electron chi connectivity index (χ2n) is 8.20. The molecule has 2 aromatic carbocycles. The van der Waals surface area contributed by atoms with Crippen LogP contribution in [0.1, 0.15) is 42.7 Å². The molecular formula is C24H25NO6. The van der Waals surface area contributed by atoms with Crippen LogP contribution in [0.4, 0.5) is 5.69 Å². The lowest BCUT2D eigenvalue weighted by atomic mass is 9.82. The van der Waals surface area contributed by atoms with Gasteiger partial charge in [0.25, 0.3) is 5.91 Å². The molecule has 31 heavy (non-hydrogen) atoms. The van der Waals surface area contributed by atoms with Crippen LogP contribution in [0.3, 0.4) is 0 Å². The summed E-state index contributed by atoms with van der Waals surface area (Å²) in [7, 11) is 2.76. The van der Waals surface area contributed by atoms with Crippen molar-refractivity contribution >= 4 is 23.3 Å². The first kappa shape index (κ1) is 22.1. The molecular weight excluding hydrogens is 398 g/mol. The summed E-state index contributed by atoms with van der Waals surface area (Å²) in [6, 6.07) is 12.4. The molecule has 1 atom stereocenters. The molecule has 1 amide bonds. The van der Waals surface area contributed by atoms with Gasteiger partial charge in [0, 0.05) is 16.7 Å². The minimum Gasteiger partial charge on any atom is -0.503 e. The maximum Gasteiger partial charge on any atom is 0.337 e. The Balaban J connectivity index is 2.25. The smallest absolute Gasteiger partial charge is 0.337 e. The molecule has 7 heteroatoms. The van der Waals surface area contributed by atoms with Gasteiger partial charge in [0.1, 0.15) is 5.75 Å². The SMILES string of the molecule is COC(=O)c1cccc(N2C(=O)C(O)=C(C(=O)C(C)(C)C)C2c2ccccc2OC)c1. The van der Waals surface area contributed by atoms with E-state index in [2.05, 4.69) is 0 Å². The zero-order chi connectivity index (χ0) is 22.9. The number of hydrogen-bond donors (Lipinski definition) is 1. The predicted molar refractivity (Wildman–Crippen MR) is 115 cm³/mol. The third kappa shape index (κ3) is 3.91. The first-order valence-corrected chi connectivity index (χ1v) is 9.74. The number of nitrogens with zero attached hydrogens (tertiary/aromatic N) is 1. The van der Waals surface area contributed by atoms with Crippen LogP contribution in [-0.2, 0) is 14.3 Å². The van der Waals surface area contributed by atoms with Crippen molar-refractivity contribution in [2.75, 3.05) is 19.1 Å². The Hall–Kier alpha value is -3.61. The fourth-order valence-electron chi connectivity index (χ4n) is 3.59. The molecule has 1 aliphatic rings. The van der Waals surface area contributed by atoms with Gasteiger partial charge in [-0.15, -0.1) is 0 Å². The predicted octanol–water partition coefficient (Wildman–Crippen LogP) is 4.00. The number of amides is 1. The zero-order valence-corrected chi connectivity index (χ0v) is 18.1. The Morgan fingerprint density at radius 1 is 1.03 bits per heavy atom. The minimum atomic E-state index is -0.928. The molecule has 0 saturated heterocycles. The molecule has 1 unspecified atom stereocenters. The number of benzene rings is 2. The number of esters is 1. The van der Waals surface area contributed by atoms with Crippen molar-refractivity contribution in [3.63, 3.8) is 0 Å². The van der Waals surface area contributed by atoms with Gasteiger partial charge in [-0.2, -0.15) is 0 Å². The van der Waals surface area contributed by atoms with Crippen LogP contribution >= 0.6 is 0 Å². The average molecular weight is 423 g/mol. The van der Waals surface area contributed by atoms with Crippen LogP contribution in [0.15, 0.2) is 59.9 Å². The molecule has 0 aromatic heterocycles. The Morgan fingerprint density at radius 2 is 1.71 bits per heavy atom. The van der Waals surface area contributed by atoms with Gasteiger partial charge in [-0.1, -0.05) is 45.0 Å². The van der Waals surface area contributed by atoms with Gasteiger partial charge in [-0.25, -0.2) is 4.79 Å². The number of hydrogen-bond acceptors (Lipinski definition) is 6. The van der Waals surface area contributed by atoms with E-state index in [9.17, 15) is 19.5 Å². The first-order valence-electron chi connectivity index (χ1n) is 9.74. The summed E-state index contributed by atoms with van der Waals surface area (Å²) in [4.78, 5) is 39.8. The number of Topliss-reactive ketones (excluding diaryl/α,β-unsaturated/α-hetero) is 1. The van der Waals surface area contributed by atoms with Gasteiger partial charge in [0.05, 0.1) is 31.4 Å². The molecule has 1 heterocycles.